The molecule has 1 amide bonds. The Morgan fingerprint density at radius 3 is 2.72 bits per heavy atom. The topological polar surface area (TPSA) is 59.6 Å². The molecule has 0 saturated carbocycles. The molecule has 2 aromatic rings. The number of amides is 1. The fourth-order valence-electron chi connectivity index (χ4n) is 2.03. The quantitative estimate of drug-likeness (QED) is 0.521. The summed E-state index contributed by atoms with van der Waals surface area (Å²) in [5.74, 6) is 0.157. The van der Waals surface area contributed by atoms with Crippen molar-refractivity contribution in [2.24, 2.45) is 0 Å². The standard InChI is InChI=1S/C18H19BrN2O3S/c1-2-23-10-11-24-16-9-4-3-8-15(16)17(22)21-18(25)20-14-7-5-6-13(19)12-14/h3-9,12H,2,10-11H2,1H3,(H2,20,21,22,25). The van der Waals surface area contributed by atoms with Gasteiger partial charge in [-0.05, 0) is 49.5 Å². The second kappa shape index (κ2) is 10.1. The molecule has 0 bridgehead atoms. The van der Waals surface area contributed by atoms with Crippen LogP contribution in [0.1, 0.15) is 17.3 Å². The first-order chi connectivity index (χ1) is 12.1. The third kappa shape index (κ3) is 6.45. The molecule has 0 fully saturated rings. The number of halogens is 1. The number of ether oxygens (including phenoxy) is 2. The molecule has 0 spiro atoms. The van der Waals surface area contributed by atoms with Crippen molar-refractivity contribution < 1.29 is 14.3 Å². The largest absolute Gasteiger partial charge is 0.490 e. The van der Waals surface area contributed by atoms with E-state index in [1.807, 2.05) is 37.3 Å². The van der Waals surface area contributed by atoms with Crippen molar-refractivity contribution in [3.63, 3.8) is 0 Å². The van der Waals surface area contributed by atoms with Gasteiger partial charge in [0.05, 0.1) is 12.2 Å². The van der Waals surface area contributed by atoms with Crippen molar-refractivity contribution in [1.29, 1.82) is 0 Å². The smallest absolute Gasteiger partial charge is 0.261 e. The molecule has 2 aromatic carbocycles. The average molecular weight is 423 g/mol. The molecule has 25 heavy (non-hydrogen) atoms. The minimum absolute atomic E-state index is 0.215. The molecule has 0 aliphatic rings. The summed E-state index contributed by atoms with van der Waals surface area (Å²) in [6.45, 7) is 3.38. The average Bonchev–Trinajstić information content (AvgIpc) is 2.59. The number of hydrogen-bond acceptors (Lipinski definition) is 4. The van der Waals surface area contributed by atoms with Gasteiger partial charge in [0.25, 0.3) is 5.91 Å². The van der Waals surface area contributed by atoms with Crippen LogP contribution >= 0.6 is 28.1 Å². The zero-order valence-corrected chi connectivity index (χ0v) is 16.2. The molecule has 0 heterocycles. The summed E-state index contributed by atoms with van der Waals surface area (Å²) >= 11 is 8.59. The summed E-state index contributed by atoms with van der Waals surface area (Å²) in [4.78, 5) is 12.5. The lowest BCUT2D eigenvalue weighted by atomic mass is 10.2. The van der Waals surface area contributed by atoms with Crippen LogP contribution in [0.4, 0.5) is 5.69 Å². The first-order valence-electron chi connectivity index (χ1n) is 7.77. The van der Waals surface area contributed by atoms with Crippen LogP contribution in [0.25, 0.3) is 0 Å². The van der Waals surface area contributed by atoms with E-state index in [0.29, 0.717) is 31.1 Å². The van der Waals surface area contributed by atoms with Crippen LogP contribution in [0, 0.1) is 0 Å². The first-order valence-corrected chi connectivity index (χ1v) is 8.97. The van der Waals surface area contributed by atoms with Gasteiger partial charge in [0.2, 0.25) is 0 Å². The van der Waals surface area contributed by atoms with Gasteiger partial charge >= 0.3 is 0 Å². The highest BCUT2D eigenvalue weighted by atomic mass is 79.9. The Balaban J connectivity index is 1.96. The minimum atomic E-state index is -0.334. The van der Waals surface area contributed by atoms with Crippen LogP contribution in [-0.4, -0.2) is 30.8 Å². The Morgan fingerprint density at radius 1 is 1.16 bits per heavy atom. The summed E-state index contributed by atoms with van der Waals surface area (Å²) < 4.78 is 11.8. The molecule has 0 radical (unpaired) electrons. The SMILES string of the molecule is CCOCCOc1ccccc1C(=O)NC(=S)Nc1cccc(Br)c1. The second-order valence-electron chi connectivity index (χ2n) is 4.96. The van der Waals surface area contributed by atoms with Crippen molar-refractivity contribution in [3.05, 3.63) is 58.6 Å². The van der Waals surface area contributed by atoms with Crippen LogP contribution in [0.5, 0.6) is 5.75 Å². The Labute approximate surface area is 160 Å². The van der Waals surface area contributed by atoms with E-state index in [4.69, 9.17) is 21.7 Å². The summed E-state index contributed by atoms with van der Waals surface area (Å²) in [6.07, 6.45) is 0. The van der Waals surface area contributed by atoms with Crippen LogP contribution in [0.15, 0.2) is 53.0 Å². The molecule has 7 heteroatoms. The van der Waals surface area contributed by atoms with E-state index in [9.17, 15) is 4.79 Å². The zero-order valence-electron chi connectivity index (χ0n) is 13.8. The first kappa shape index (κ1) is 19.4. The predicted molar refractivity (Wildman–Crippen MR) is 106 cm³/mol. The minimum Gasteiger partial charge on any atom is -0.490 e. The maximum Gasteiger partial charge on any atom is 0.261 e. The number of thiocarbonyl (C=S) groups is 1. The number of benzene rings is 2. The van der Waals surface area contributed by atoms with Crippen LogP contribution in [0.2, 0.25) is 0 Å². The molecular formula is C18H19BrN2O3S. The van der Waals surface area contributed by atoms with Gasteiger partial charge in [-0.2, -0.15) is 0 Å². The lowest BCUT2D eigenvalue weighted by Gasteiger charge is -2.13. The van der Waals surface area contributed by atoms with E-state index >= 15 is 0 Å². The van der Waals surface area contributed by atoms with E-state index in [1.165, 1.54) is 0 Å². The van der Waals surface area contributed by atoms with Gasteiger partial charge in [0.15, 0.2) is 5.11 Å². The summed E-state index contributed by atoms with van der Waals surface area (Å²) in [5.41, 5.74) is 1.19. The Morgan fingerprint density at radius 2 is 1.96 bits per heavy atom. The molecule has 0 atom stereocenters. The highest BCUT2D eigenvalue weighted by molar-refractivity contribution is 9.10. The van der Waals surface area contributed by atoms with Crippen molar-refractivity contribution in [3.8, 4) is 5.75 Å². The normalized spacial score (nSPS) is 10.2. The highest BCUT2D eigenvalue weighted by Crippen LogP contribution is 2.18. The van der Waals surface area contributed by atoms with E-state index in [1.54, 1.807) is 18.2 Å². The lowest BCUT2D eigenvalue weighted by Crippen LogP contribution is -2.34. The zero-order chi connectivity index (χ0) is 18.1. The molecule has 0 aliphatic heterocycles. The second-order valence-corrected chi connectivity index (χ2v) is 6.28. The van der Waals surface area contributed by atoms with Crippen LogP contribution in [-0.2, 0) is 4.74 Å². The number of rotatable bonds is 7. The number of para-hydroxylation sites is 1. The summed E-state index contributed by atoms with van der Waals surface area (Å²) in [5, 5.41) is 5.85. The maximum absolute atomic E-state index is 12.5. The van der Waals surface area contributed by atoms with Gasteiger partial charge in [-0.1, -0.05) is 34.1 Å². The van der Waals surface area contributed by atoms with Gasteiger partial charge in [0.1, 0.15) is 12.4 Å². The fraction of sp³-hybridized carbons (Fsp3) is 0.222. The number of carbonyl (C=O) groups is 1. The van der Waals surface area contributed by atoms with E-state index in [-0.39, 0.29) is 11.0 Å². The van der Waals surface area contributed by atoms with Gasteiger partial charge in [-0.25, -0.2) is 0 Å². The molecule has 0 aromatic heterocycles. The molecule has 0 aliphatic carbocycles. The maximum atomic E-state index is 12.5. The Bertz CT molecular complexity index is 740. The van der Waals surface area contributed by atoms with Crippen LogP contribution < -0.4 is 15.4 Å². The van der Waals surface area contributed by atoms with Gasteiger partial charge in [0, 0.05) is 16.8 Å². The molecule has 2 rings (SSSR count). The van der Waals surface area contributed by atoms with Crippen molar-refractivity contribution >= 4 is 44.9 Å². The molecule has 132 valence electrons. The predicted octanol–water partition coefficient (Wildman–Crippen LogP) is 3.99. The number of carbonyl (C=O) groups excluding carboxylic acids is 1. The van der Waals surface area contributed by atoms with Gasteiger partial charge in [-0.15, -0.1) is 0 Å². The number of hydrogen-bond donors (Lipinski definition) is 2. The molecular weight excluding hydrogens is 404 g/mol. The fourth-order valence-corrected chi connectivity index (χ4v) is 2.64. The molecule has 5 nitrogen and oxygen atoms in total. The third-order valence-corrected chi connectivity index (χ3v) is 3.83. The van der Waals surface area contributed by atoms with Crippen molar-refractivity contribution in [2.75, 3.05) is 25.1 Å². The molecule has 2 N–H and O–H groups in total. The van der Waals surface area contributed by atoms with Crippen molar-refractivity contribution in [1.82, 2.24) is 5.32 Å². The van der Waals surface area contributed by atoms with Crippen LogP contribution in [0.3, 0.4) is 0 Å². The van der Waals surface area contributed by atoms with Gasteiger partial charge in [-0.3, -0.25) is 10.1 Å². The lowest BCUT2D eigenvalue weighted by molar-refractivity contribution is 0.0958. The summed E-state index contributed by atoms with van der Waals surface area (Å²) in [7, 11) is 0. The van der Waals surface area contributed by atoms with Crippen molar-refractivity contribution in [2.45, 2.75) is 6.92 Å². The van der Waals surface area contributed by atoms with E-state index in [0.717, 1.165) is 10.2 Å². The summed E-state index contributed by atoms with van der Waals surface area (Å²) in [6, 6.07) is 14.5. The number of nitrogens with one attached hydrogen (secondary N) is 2. The molecule has 0 unspecified atom stereocenters. The Kier molecular flexibility index (Phi) is 7.84. The van der Waals surface area contributed by atoms with Gasteiger partial charge < -0.3 is 14.8 Å². The molecule has 0 saturated heterocycles. The van der Waals surface area contributed by atoms with E-state index in [2.05, 4.69) is 26.6 Å². The monoisotopic (exact) mass is 422 g/mol. The Hall–Kier alpha value is -1.96. The van der Waals surface area contributed by atoms with E-state index < -0.39 is 0 Å². The highest BCUT2D eigenvalue weighted by Gasteiger charge is 2.13. The third-order valence-electron chi connectivity index (χ3n) is 3.13. The number of anilines is 1.